The van der Waals surface area contributed by atoms with Gasteiger partial charge in [0.25, 0.3) is 0 Å². The number of carbonyl (C=O) groups is 3. The Bertz CT molecular complexity index is 661. The van der Waals surface area contributed by atoms with Gasteiger partial charge in [-0.25, -0.2) is 0 Å². The molecule has 0 bridgehead atoms. The van der Waals surface area contributed by atoms with Gasteiger partial charge in [0.1, 0.15) is 6.04 Å². The molecule has 1 aromatic carbocycles. The van der Waals surface area contributed by atoms with Gasteiger partial charge in [0.05, 0.1) is 12.3 Å². The summed E-state index contributed by atoms with van der Waals surface area (Å²) in [5, 5.41) is 9.25. The molecule has 1 aromatic rings. The molecule has 3 atom stereocenters. The zero-order chi connectivity index (χ0) is 18.0. The molecule has 2 fully saturated rings. The van der Waals surface area contributed by atoms with Crippen molar-refractivity contribution >= 4 is 17.8 Å². The summed E-state index contributed by atoms with van der Waals surface area (Å²) in [6.07, 6.45) is 1.75. The van der Waals surface area contributed by atoms with E-state index < -0.39 is 17.9 Å². The molecule has 6 heteroatoms. The van der Waals surface area contributed by atoms with Gasteiger partial charge in [-0.15, -0.1) is 0 Å². The van der Waals surface area contributed by atoms with E-state index in [0.717, 1.165) is 12.0 Å². The lowest BCUT2D eigenvalue weighted by atomic mass is 9.99. The number of hydrogen-bond acceptors (Lipinski definition) is 3. The first-order chi connectivity index (χ1) is 12.0. The van der Waals surface area contributed by atoms with E-state index in [2.05, 4.69) is 0 Å². The topological polar surface area (TPSA) is 77.9 Å². The van der Waals surface area contributed by atoms with Crippen LogP contribution in [0.1, 0.15) is 25.3 Å². The van der Waals surface area contributed by atoms with E-state index in [0.29, 0.717) is 25.9 Å². The van der Waals surface area contributed by atoms with E-state index in [1.54, 1.807) is 9.80 Å². The van der Waals surface area contributed by atoms with Gasteiger partial charge in [-0.2, -0.15) is 0 Å². The summed E-state index contributed by atoms with van der Waals surface area (Å²) in [7, 11) is 0. The molecule has 2 amide bonds. The molecule has 0 saturated carbocycles. The average molecular weight is 344 g/mol. The van der Waals surface area contributed by atoms with E-state index in [1.165, 1.54) is 0 Å². The molecule has 1 N–H and O–H groups in total. The van der Waals surface area contributed by atoms with Crippen LogP contribution in [0.3, 0.4) is 0 Å². The highest BCUT2D eigenvalue weighted by molar-refractivity contribution is 5.89. The van der Waals surface area contributed by atoms with Gasteiger partial charge in [-0.3, -0.25) is 14.4 Å². The lowest BCUT2D eigenvalue weighted by Gasteiger charge is -2.28. The van der Waals surface area contributed by atoms with Crippen LogP contribution >= 0.6 is 0 Å². The normalized spacial score (nSPS) is 26.0. The van der Waals surface area contributed by atoms with Crippen molar-refractivity contribution in [1.29, 1.82) is 0 Å². The number of carboxylic acids is 1. The quantitative estimate of drug-likeness (QED) is 0.896. The molecule has 2 heterocycles. The second kappa shape index (κ2) is 7.25. The first kappa shape index (κ1) is 17.5. The predicted octanol–water partition coefficient (Wildman–Crippen LogP) is 1.40. The molecule has 6 nitrogen and oxygen atoms in total. The van der Waals surface area contributed by atoms with Gasteiger partial charge in [-0.1, -0.05) is 37.3 Å². The monoisotopic (exact) mass is 344 g/mol. The summed E-state index contributed by atoms with van der Waals surface area (Å²) in [4.78, 5) is 40.1. The second-order valence-corrected chi connectivity index (χ2v) is 7.07. The lowest BCUT2D eigenvalue weighted by Crippen LogP contribution is -2.47. The van der Waals surface area contributed by atoms with Gasteiger partial charge >= 0.3 is 5.97 Å². The van der Waals surface area contributed by atoms with E-state index in [1.807, 2.05) is 37.3 Å². The Morgan fingerprint density at radius 2 is 1.88 bits per heavy atom. The molecule has 2 saturated heterocycles. The Morgan fingerprint density at radius 1 is 1.16 bits per heavy atom. The Hall–Kier alpha value is -2.37. The van der Waals surface area contributed by atoms with Crippen LogP contribution in [0, 0.1) is 11.8 Å². The number of aliphatic carboxylic acids is 1. The average Bonchev–Trinajstić information content (AvgIpc) is 3.22. The highest BCUT2D eigenvalue weighted by Gasteiger charge is 2.42. The number of likely N-dealkylation sites (tertiary alicyclic amines) is 2. The van der Waals surface area contributed by atoms with Gasteiger partial charge < -0.3 is 14.9 Å². The molecule has 134 valence electrons. The maximum Gasteiger partial charge on any atom is 0.308 e. The van der Waals surface area contributed by atoms with E-state index in [9.17, 15) is 19.5 Å². The van der Waals surface area contributed by atoms with Gasteiger partial charge in [0.15, 0.2) is 0 Å². The Morgan fingerprint density at radius 3 is 2.52 bits per heavy atom. The molecule has 2 aliphatic heterocycles. The second-order valence-electron chi connectivity index (χ2n) is 7.07. The highest BCUT2D eigenvalue weighted by atomic mass is 16.4. The van der Waals surface area contributed by atoms with Crippen LogP contribution < -0.4 is 0 Å². The standard InChI is InChI=1S/C19H24N2O4/c1-13-11-20(12-15(13)19(24)25)18(23)16-8-5-9-21(16)17(22)10-14-6-3-2-4-7-14/h2-4,6-7,13,15-16H,5,8-12H2,1H3,(H,24,25)/t13-,15-,16?/m1/s1. The van der Waals surface area contributed by atoms with Gasteiger partial charge in [0.2, 0.25) is 11.8 Å². The zero-order valence-corrected chi connectivity index (χ0v) is 14.4. The largest absolute Gasteiger partial charge is 0.481 e. The summed E-state index contributed by atoms with van der Waals surface area (Å²) in [6, 6.07) is 9.06. The van der Waals surface area contributed by atoms with Crippen molar-refractivity contribution in [3.63, 3.8) is 0 Å². The first-order valence-corrected chi connectivity index (χ1v) is 8.82. The van der Waals surface area contributed by atoms with Crippen LogP contribution in [-0.4, -0.2) is 58.4 Å². The number of amides is 2. The van der Waals surface area contributed by atoms with Crippen LogP contribution in [0.15, 0.2) is 30.3 Å². The SMILES string of the molecule is C[C@@H]1CN(C(=O)C2CCCN2C(=O)Cc2ccccc2)C[C@H]1C(=O)O. The minimum atomic E-state index is -0.855. The summed E-state index contributed by atoms with van der Waals surface area (Å²) >= 11 is 0. The fraction of sp³-hybridized carbons (Fsp3) is 0.526. The zero-order valence-electron chi connectivity index (χ0n) is 14.4. The molecule has 0 aromatic heterocycles. The molecule has 2 aliphatic rings. The first-order valence-electron chi connectivity index (χ1n) is 8.82. The minimum absolute atomic E-state index is 0.0379. The Balaban J connectivity index is 1.66. The fourth-order valence-electron chi connectivity index (χ4n) is 3.87. The Kier molecular flexibility index (Phi) is 5.06. The summed E-state index contributed by atoms with van der Waals surface area (Å²) in [6.45, 7) is 3.15. The molecular formula is C19H24N2O4. The molecule has 1 unspecified atom stereocenters. The molecular weight excluding hydrogens is 320 g/mol. The molecule has 3 rings (SSSR count). The van der Waals surface area contributed by atoms with Crippen LogP contribution in [0.5, 0.6) is 0 Å². The van der Waals surface area contributed by atoms with Crippen LogP contribution in [-0.2, 0) is 20.8 Å². The summed E-state index contributed by atoms with van der Waals surface area (Å²) < 4.78 is 0. The fourth-order valence-corrected chi connectivity index (χ4v) is 3.87. The third-order valence-electron chi connectivity index (χ3n) is 5.30. The third-order valence-corrected chi connectivity index (χ3v) is 5.30. The molecule has 0 spiro atoms. The number of nitrogens with zero attached hydrogens (tertiary/aromatic N) is 2. The smallest absolute Gasteiger partial charge is 0.308 e. The summed E-state index contributed by atoms with van der Waals surface area (Å²) in [5.41, 5.74) is 0.936. The van der Waals surface area contributed by atoms with Crippen molar-refractivity contribution in [2.45, 2.75) is 32.2 Å². The maximum absolute atomic E-state index is 12.9. The molecule has 25 heavy (non-hydrogen) atoms. The van der Waals surface area contributed by atoms with Crippen molar-refractivity contribution < 1.29 is 19.5 Å². The molecule has 0 aliphatic carbocycles. The van der Waals surface area contributed by atoms with Crippen LogP contribution in [0.25, 0.3) is 0 Å². The third kappa shape index (κ3) is 3.67. The van der Waals surface area contributed by atoms with Crippen LogP contribution in [0.4, 0.5) is 0 Å². The Labute approximate surface area is 147 Å². The van der Waals surface area contributed by atoms with Crippen molar-refractivity contribution in [2.24, 2.45) is 11.8 Å². The van der Waals surface area contributed by atoms with Crippen molar-refractivity contribution in [1.82, 2.24) is 9.80 Å². The van der Waals surface area contributed by atoms with Crippen LogP contribution in [0.2, 0.25) is 0 Å². The van der Waals surface area contributed by atoms with Crippen molar-refractivity contribution in [3.05, 3.63) is 35.9 Å². The van der Waals surface area contributed by atoms with E-state index in [4.69, 9.17) is 0 Å². The molecule has 0 radical (unpaired) electrons. The van der Waals surface area contributed by atoms with Crippen molar-refractivity contribution in [2.75, 3.05) is 19.6 Å². The van der Waals surface area contributed by atoms with E-state index in [-0.39, 0.29) is 24.3 Å². The van der Waals surface area contributed by atoms with Gasteiger partial charge in [-0.05, 0) is 24.3 Å². The lowest BCUT2D eigenvalue weighted by molar-refractivity contribution is -0.144. The number of carboxylic acid groups (broad SMARTS) is 1. The number of benzene rings is 1. The number of carbonyl (C=O) groups excluding carboxylic acids is 2. The summed E-state index contributed by atoms with van der Waals surface area (Å²) in [5.74, 6) is -1.57. The van der Waals surface area contributed by atoms with Crippen molar-refractivity contribution in [3.8, 4) is 0 Å². The number of rotatable bonds is 4. The highest BCUT2D eigenvalue weighted by Crippen LogP contribution is 2.27. The van der Waals surface area contributed by atoms with E-state index >= 15 is 0 Å². The maximum atomic E-state index is 12.9. The minimum Gasteiger partial charge on any atom is -0.481 e. The van der Waals surface area contributed by atoms with Gasteiger partial charge in [0, 0.05) is 19.6 Å². The predicted molar refractivity (Wildman–Crippen MR) is 91.8 cm³/mol. The number of hydrogen-bond donors (Lipinski definition) is 1.